The maximum absolute atomic E-state index is 13.1. The third-order valence-electron chi connectivity index (χ3n) is 9.06. The number of rotatable bonds is 11. The number of carbonyl (C=O) groups is 2. The van der Waals surface area contributed by atoms with Crippen molar-refractivity contribution in [2.24, 2.45) is 0 Å². The Kier molecular flexibility index (Phi) is 11.2. The minimum atomic E-state index is -0.609. The quantitative estimate of drug-likeness (QED) is 0.164. The zero-order valence-corrected chi connectivity index (χ0v) is 30.3. The summed E-state index contributed by atoms with van der Waals surface area (Å²) >= 11 is 0. The number of benzene rings is 2. The lowest BCUT2D eigenvalue weighted by Gasteiger charge is -2.31. The Morgan fingerprint density at radius 1 is 1.02 bits per heavy atom. The van der Waals surface area contributed by atoms with E-state index in [-0.39, 0.29) is 30.9 Å². The zero-order valence-electron chi connectivity index (χ0n) is 30.3. The van der Waals surface area contributed by atoms with Gasteiger partial charge >= 0.3 is 6.09 Å². The van der Waals surface area contributed by atoms with Gasteiger partial charge in [0.1, 0.15) is 23.4 Å². The molecule has 4 aromatic rings. The molecule has 0 radical (unpaired) electrons. The summed E-state index contributed by atoms with van der Waals surface area (Å²) in [5, 5.41) is 11.1. The molecule has 12 heteroatoms. The van der Waals surface area contributed by atoms with Crippen LogP contribution in [0.2, 0.25) is 0 Å². The van der Waals surface area contributed by atoms with Gasteiger partial charge in [0.05, 0.1) is 18.4 Å². The van der Waals surface area contributed by atoms with Gasteiger partial charge in [-0.2, -0.15) is 5.10 Å². The summed E-state index contributed by atoms with van der Waals surface area (Å²) in [6.45, 7) is 11.2. The first-order valence-corrected chi connectivity index (χ1v) is 18.0. The van der Waals surface area contributed by atoms with Crippen molar-refractivity contribution < 1.29 is 23.8 Å². The summed E-state index contributed by atoms with van der Waals surface area (Å²) < 4.78 is 19.4. The molecule has 0 spiro atoms. The first kappa shape index (κ1) is 35.8. The lowest BCUT2D eigenvalue weighted by atomic mass is 10.0. The Labute approximate surface area is 299 Å². The Bertz CT molecular complexity index is 1810. The molecule has 1 saturated heterocycles. The van der Waals surface area contributed by atoms with Crippen LogP contribution in [0.15, 0.2) is 60.9 Å². The fraction of sp³-hybridized carbons (Fsp3) is 0.462. The lowest BCUT2D eigenvalue weighted by Crippen LogP contribution is -2.40. The Hall–Kier alpha value is -4.97. The van der Waals surface area contributed by atoms with Crippen molar-refractivity contribution in [3.05, 3.63) is 72.2 Å². The minimum Gasteiger partial charge on any atom is -0.484 e. The Morgan fingerprint density at radius 2 is 1.82 bits per heavy atom. The van der Waals surface area contributed by atoms with Crippen LogP contribution in [0.3, 0.4) is 0 Å². The van der Waals surface area contributed by atoms with E-state index >= 15 is 0 Å². The van der Waals surface area contributed by atoms with E-state index in [1.807, 2.05) is 86.4 Å². The summed E-state index contributed by atoms with van der Waals surface area (Å²) in [6, 6.07) is 15.7. The summed E-state index contributed by atoms with van der Waals surface area (Å²) in [5.41, 5.74) is 4.72. The van der Waals surface area contributed by atoms with Crippen molar-refractivity contribution in [1.82, 2.24) is 30.0 Å². The van der Waals surface area contributed by atoms with Gasteiger partial charge in [-0.3, -0.25) is 4.79 Å². The molecule has 4 heterocycles. The summed E-state index contributed by atoms with van der Waals surface area (Å²) in [7, 11) is 0. The molecule has 0 aliphatic carbocycles. The highest BCUT2D eigenvalue weighted by atomic mass is 16.6. The van der Waals surface area contributed by atoms with Crippen molar-refractivity contribution in [3.63, 3.8) is 0 Å². The number of aromatic nitrogens is 4. The van der Waals surface area contributed by atoms with Crippen LogP contribution in [-0.4, -0.2) is 68.1 Å². The molecule has 2 amide bonds. The molecule has 2 aliphatic heterocycles. The van der Waals surface area contributed by atoms with E-state index in [0.717, 1.165) is 72.3 Å². The molecule has 1 fully saturated rings. The smallest absolute Gasteiger partial charge is 0.410 e. The average Bonchev–Trinajstić information content (AvgIpc) is 3.63. The maximum atomic E-state index is 13.1. The fourth-order valence-corrected chi connectivity index (χ4v) is 6.22. The minimum absolute atomic E-state index is 0.0158. The van der Waals surface area contributed by atoms with Crippen molar-refractivity contribution in [3.8, 4) is 28.3 Å². The van der Waals surface area contributed by atoms with Gasteiger partial charge in [0.15, 0.2) is 12.4 Å². The SMILES string of the molecule is CCC(CC)NC(=O)COc1cccc(-c2nc3c(c(Nc4ccc(-c5cnn(C6CCCCO6)c5)cc4)n2)CN(C(=O)OC(C)(C)C)CC3)c1. The number of carbonyl (C=O) groups excluding carboxylic acids is 2. The van der Waals surface area contributed by atoms with Crippen LogP contribution in [0, 0.1) is 0 Å². The van der Waals surface area contributed by atoms with Gasteiger partial charge in [-0.15, -0.1) is 0 Å². The summed E-state index contributed by atoms with van der Waals surface area (Å²) in [4.78, 5) is 37.2. The molecular formula is C39H49N7O5. The largest absolute Gasteiger partial charge is 0.484 e. The van der Waals surface area contributed by atoms with Crippen LogP contribution >= 0.6 is 0 Å². The van der Waals surface area contributed by atoms with Crippen LogP contribution in [-0.2, 0) is 27.2 Å². The fourth-order valence-electron chi connectivity index (χ4n) is 6.22. The van der Waals surface area contributed by atoms with E-state index in [1.165, 1.54) is 0 Å². The van der Waals surface area contributed by atoms with Crippen LogP contribution in [0.4, 0.5) is 16.3 Å². The molecule has 1 unspecified atom stereocenters. The average molecular weight is 696 g/mol. The van der Waals surface area contributed by atoms with Gasteiger partial charge in [-0.1, -0.05) is 38.1 Å². The first-order chi connectivity index (χ1) is 24.6. The number of anilines is 2. The van der Waals surface area contributed by atoms with Crippen molar-refractivity contribution >= 4 is 23.5 Å². The highest BCUT2D eigenvalue weighted by Gasteiger charge is 2.29. The molecule has 2 aromatic carbocycles. The summed E-state index contributed by atoms with van der Waals surface area (Å²) in [6.07, 6.45) is 8.99. The molecule has 6 rings (SSSR count). The number of hydrogen-bond donors (Lipinski definition) is 2. The molecule has 51 heavy (non-hydrogen) atoms. The predicted molar refractivity (Wildman–Crippen MR) is 196 cm³/mol. The second kappa shape index (κ2) is 15.9. The third-order valence-corrected chi connectivity index (χ3v) is 9.06. The predicted octanol–water partition coefficient (Wildman–Crippen LogP) is 7.43. The van der Waals surface area contributed by atoms with Crippen molar-refractivity contribution in [1.29, 1.82) is 0 Å². The third kappa shape index (κ3) is 9.23. The van der Waals surface area contributed by atoms with Crippen molar-refractivity contribution in [2.45, 2.75) is 97.6 Å². The van der Waals surface area contributed by atoms with Gasteiger partial charge in [-0.05, 0) is 82.7 Å². The van der Waals surface area contributed by atoms with Crippen molar-refractivity contribution in [2.75, 3.05) is 25.1 Å². The van der Waals surface area contributed by atoms with E-state index in [1.54, 1.807) is 4.90 Å². The highest BCUT2D eigenvalue weighted by Crippen LogP contribution is 2.32. The molecule has 270 valence electrons. The molecule has 0 saturated carbocycles. The second-order valence-electron chi connectivity index (χ2n) is 14.1. The monoisotopic (exact) mass is 695 g/mol. The first-order valence-electron chi connectivity index (χ1n) is 18.0. The van der Waals surface area contributed by atoms with Gasteiger partial charge in [0, 0.05) is 54.2 Å². The molecular weight excluding hydrogens is 646 g/mol. The second-order valence-corrected chi connectivity index (χ2v) is 14.1. The normalized spacial score (nSPS) is 16.0. The molecule has 2 N–H and O–H groups in total. The van der Waals surface area contributed by atoms with E-state index < -0.39 is 5.60 Å². The van der Waals surface area contributed by atoms with Gasteiger partial charge in [0.2, 0.25) is 0 Å². The van der Waals surface area contributed by atoms with E-state index in [0.29, 0.717) is 36.9 Å². The number of nitrogens with one attached hydrogen (secondary N) is 2. The summed E-state index contributed by atoms with van der Waals surface area (Å²) in [5.74, 6) is 1.52. The lowest BCUT2D eigenvalue weighted by molar-refractivity contribution is -0.123. The molecule has 2 aliphatic rings. The van der Waals surface area contributed by atoms with E-state index in [4.69, 9.17) is 24.2 Å². The molecule has 1 atom stereocenters. The van der Waals surface area contributed by atoms with E-state index in [2.05, 4.69) is 29.6 Å². The number of fused-ring (bicyclic) bond motifs is 1. The van der Waals surface area contributed by atoms with E-state index in [9.17, 15) is 9.59 Å². The number of ether oxygens (including phenoxy) is 3. The number of amides is 2. The Balaban J connectivity index is 1.24. The number of nitrogens with zero attached hydrogens (tertiary/aromatic N) is 5. The molecule has 12 nitrogen and oxygen atoms in total. The van der Waals surface area contributed by atoms with Gasteiger partial charge in [0.25, 0.3) is 5.91 Å². The van der Waals surface area contributed by atoms with Crippen LogP contribution in [0.25, 0.3) is 22.5 Å². The highest BCUT2D eigenvalue weighted by molar-refractivity contribution is 5.78. The van der Waals surface area contributed by atoms with Crippen LogP contribution in [0.1, 0.15) is 84.2 Å². The topological polar surface area (TPSA) is 133 Å². The maximum Gasteiger partial charge on any atom is 0.410 e. The van der Waals surface area contributed by atoms with Gasteiger partial charge < -0.3 is 29.7 Å². The molecule has 2 aromatic heterocycles. The van der Waals surface area contributed by atoms with Crippen LogP contribution < -0.4 is 15.4 Å². The van der Waals surface area contributed by atoms with Gasteiger partial charge in [-0.25, -0.2) is 19.4 Å². The molecule has 0 bridgehead atoms. The standard InChI is InChI=1S/C39H49N7O5/c1-6-29(7-2)41-34(47)25-50-31-12-10-11-27(21-31)36-43-33-18-19-45(38(48)51-39(3,4)5)24-32(33)37(44-36)42-30-16-14-26(15-17-30)28-22-40-46(23-28)35-13-8-9-20-49-35/h10-12,14-17,21-23,29,35H,6-9,13,18-20,24-25H2,1-5H3,(H,41,47)(H,42,43,44). The number of hydrogen-bond acceptors (Lipinski definition) is 9. The van der Waals surface area contributed by atoms with Crippen LogP contribution in [0.5, 0.6) is 5.75 Å². The zero-order chi connectivity index (χ0) is 36.0. The Morgan fingerprint density at radius 3 is 2.55 bits per heavy atom.